The highest BCUT2D eigenvalue weighted by Gasteiger charge is 2.00. The van der Waals surface area contributed by atoms with Gasteiger partial charge in [0.1, 0.15) is 0 Å². The van der Waals surface area contributed by atoms with Crippen LogP contribution < -0.4 is 5.73 Å². The summed E-state index contributed by atoms with van der Waals surface area (Å²) in [6.45, 7) is 1.99. The highest BCUT2D eigenvalue weighted by Crippen LogP contribution is 2.20. The predicted octanol–water partition coefficient (Wildman–Crippen LogP) is 1.88. The topological polar surface area (TPSA) is 38.9 Å². The fourth-order valence-corrected chi connectivity index (χ4v) is 0.996. The van der Waals surface area contributed by atoms with E-state index in [-0.39, 0.29) is 0 Å². The maximum atomic E-state index is 5.81. The molecule has 0 amide bonds. The zero-order valence-corrected chi connectivity index (χ0v) is 6.52. The molecule has 1 aromatic rings. The second-order valence-electron chi connectivity index (χ2n) is 2.01. The Bertz CT molecular complexity index is 235. The SMILES string of the molecule is CC[14c]1nccc(N)c1Cl. The number of anilines is 1. The van der Waals surface area contributed by atoms with E-state index in [1.54, 1.807) is 12.3 Å². The predicted molar refractivity (Wildman–Crippen MR) is 43.0 cm³/mol. The van der Waals surface area contributed by atoms with Crippen LogP contribution in [0.25, 0.3) is 0 Å². The molecule has 3 heteroatoms. The number of nitrogens with two attached hydrogens (primary N) is 1. The smallest absolute Gasteiger partial charge is 0.0850 e. The summed E-state index contributed by atoms with van der Waals surface area (Å²) in [4.78, 5) is 4.05. The summed E-state index contributed by atoms with van der Waals surface area (Å²) >= 11 is 5.81. The number of aryl methyl sites for hydroxylation is 1. The molecule has 54 valence electrons. The van der Waals surface area contributed by atoms with Gasteiger partial charge in [0.2, 0.25) is 0 Å². The lowest BCUT2D eigenvalue weighted by Crippen LogP contribution is -1.93. The molecule has 0 aliphatic carbocycles. The van der Waals surface area contributed by atoms with Gasteiger partial charge in [-0.15, -0.1) is 0 Å². The average Bonchev–Trinajstić information content (AvgIpc) is 1.95. The van der Waals surface area contributed by atoms with Crippen LogP contribution in [0, 0.1) is 0 Å². The van der Waals surface area contributed by atoms with Gasteiger partial charge < -0.3 is 5.73 Å². The monoisotopic (exact) mass is 158 g/mol. The molecule has 0 aromatic carbocycles. The van der Waals surface area contributed by atoms with Crippen molar-refractivity contribution in [2.75, 3.05) is 5.73 Å². The van der Waals surface area contributed by atoms with Crippen LogP contribution in [0.2, 0.25) is 5.02 Å². The fraction of sp³-hybridized carbons (Fsp3) is 0.286. The molecule has 0 atom stereocenters. The van der Waals surface area contributed by atoms with E-state index < -0.39 is 0 Å². The van der Waals surface area contributed by atoms with Crippen LogP contribution in [-0.2, 0) is 6.42 Å². The molecule has 0 radical (unpaired) electrons. The van der Waals surface area contributed by atoms with Crippen LogP contribution in [0.4, 0.5) is 5.69 Å². The summed E-state index contributed by atoms with van der Waals surface area (Å²) in [5.74, 6) is 0. The van der Waals surface area contributed by atoms with Gasteiger partial charge in [0, 0.05) is 6.20 Å². The van der Waals surface area contributed by atoms with Crippen molar-refractivity contribution in [2.45, 2.75) is 13.3 Å². The number of aromatic nitrogens is 1. The molecule has 1 aromatic heterocycles. The second kappa shape index (κ2) is 2.88. The summed E-state index contributed by atoms with van der Waals surface area (Å²) in [5.41, 5.74) is 6.99. The van der Waals surface area contributed by atoms with Crippen molar-refractivity contribution in [1.82, 2.24) is 4.98 Å². The normalized spacial score (nSPS) is 9.80. The molecule has 2 nitrogen and oxygen atoms in total. The van der Waals surface area contributed by atoms with Crippen molar-refractivity contribution in [3.63, 3.8) is 0 Å². The van der Waals surface area contributed by atoms with Crippen molar-refractivity contribution in [3.05, 3.63) is 23.0 Å². The van der Waals surface area contributed by atoms with E-state index in [1.807, 2.05) is 6.92 Å². The minimum absolute atomic E-state index is 0.588. The number of pyridine rings is 1. The molecule has 1 rings (SSSR count). The van der Waals surface area contributed by atoms with E-state index >= 15 is 0 Å². The number of hydrogen-bond donors (Lipinski definition) is 1. The maximum absolute atomic E-state index is 5.81. The van der Waals surface area contributed by atoms with Crippen molar-refractivity contribution < 1.29 is 0 Å². The number of nitrogens with zero attached hydrogens (tertiary/aromatic N) is 1. The molecule has 0 saturated heterocycles. The van der Waals surface area contributed by atoms with Gasteiger partial charge in [0.25, 0.3) is 0 Å². The maximum Gasteiger partial charge on any atom is 0.0850 e. The molecular weight excluding hydrogens is 150 g/mol. The number of halogens is 1. The first-order valence-corrected chi connectivity index (χ1v) is 3.52. The Kier molecular flexibility index (Phi) is 2.12. The highest BCUT2D eigenvalue weighted by atomic mass is 35.5. The Morgan fingerprint density at radius 1 is 1.80 bits per heavy atom. The minimum atomic E-state index is 0.588. The Labute approximate surface area is 65.0 Å². The summed E-state index contributed by atoms with van der Waals surface area (Å²) in [5, 5.41) is 0.588. The number of hydrogen-bond acceptors (Lipinski definition) is 2. The molecule has 0 unspecified atom stereocenters. The van der Waals surface area contributed by atoms with Crippen molar-refractivity contribution in [1.29, 1.82) is 0 Å². The Hall–Kier alpha value is -0.760. The van der Waals surface area contributed by atoms with Gasteiger partial charge in [0.15, 0.2) is 0 Å². The van der Waals surface area contributed by atoms with E-state index in [2.05, 4.69) is 4.98 Å². The van der Waals surface area contributed by atoms with Gasteiger partial charge in [0.05, 0.1) is 16.4 Å². The molecular formula is C7H9ClN2. The summed E-state index contributed by atoms with van der Waals surface area (Å²) in [6, 6.07) is 1.70. The third-order valence-corrected chi connectivity index (χ3v) is 1.76. The zero-order valence-electron chi connectivity index (χ0n) is 5.76. The van der Waals surface area contributed by atoms with Crippen LogP contribution in [0.5, 0.6) is 0 Å². The molecule has 10 heavy (non-hydrogen) atoms. The Balaban J connectivity index is 3.14. The van der Waals surface area contributed by atoms with Crippen LogP contribution in [0.1, 0.15) is 12.6 Å². The first-order chi connectivity index (χ1) is 4.75. The fourth-order valence-electron chi connectivity index (χ4n) is 0.750. The molecule has 0 spiro atoms. The van der Waals surface area contributed by atoms with Crippen LogP contribution >= 0.6 is 11.6 Å². The van der Waals surface area contributed by atoms with Crippen molar-refractivity contribution >= 4 is 17.3 Å². The standard InChI is InChI=1S/C7H9ClN2/c1-2-6-7(8)5(9)3-4-10-6/h3-4H,2H2,1H3,(H2,9,10)/i6+2. The van der Waals surface area contributed by atoms with E-state index in [9.17, 15) is 0 Å². The second-order valence-corrected chi connectivity index (χ2v) is 2.39. The molecule has 0 fully saturated rings. The number of nitrogen functional groups attached to an aromatic ring is 1. The summed E-state index contributed by atoms with van der Waals surface area (Å²) < 4.78 is 0. The minimum Gasteiger partial charge on any atom is -0.397 e. The third-order valence-electron chi connectivity index (χ3n) is 1.33. The molecule has 2 N–H and O–H groups in total. The molecule has 0 bridgehead atoms. The Morgan fingerprint density at radius 2 is 2.50 bits per heavy atom. The third kappa shape index (κ3) is 1.21. The highest BCUT2D eigenvalue weighted by molar-refractivity contribution is 6.33. The van der Waals surface area contributed by atoms with Gasteiger partial charge in [-0.1, -0.05) is 18.5 Å². The quantitative estimate of drug-likeness (QED) is 0.678. The van der Waals surface area contributed by atoms with E-state index in [4.69, 9.17) is 17.3 Å². The largest absolute Gasteiger partial charge is 0.397 e. The molecule has 0 aliphatic rings. The van der Waals surface area contributed by atoms with Gasteiger partial charge >= 0.3 is 0 Å². The number of rotatable bonds is 1. The van der Waals surface area contributed by atoms with E-state index in [0.29, 0.717) is 10.7 Å². The first-order valence-electron chi connectivity index (χ1n) is 3.14. The lowest BCUT2D eigenvalue weighted by atomic mass is 10.5. The average molecular weight is 159 g/mol. The van der Waals surface area contributed by atoms with Crippen molar-refractivity contribution in [3.8, 4) is 0 Å². The lowest BCUT2D eigenvalue weighted by Gasteiger charge is -2.00. The lowest BCUT2D eigenvalue weighted by molar-refractivity contribution is 1.04. The zero-order chi connectivity index (χ0) is 7.56. The van der Waals surface area contributed by atoms with Crippen LogP contribution in [-0.4, -0.2) is 4.98 Å². The van der Waals surface area contributed by atoms with Crippen LogP contribution in [0.3, 0.4) is 0 Å². The van der Waals surface area contributed by atoms with Gasteiger partial charge in [-0.05, 0) is 12.5 Å². The summed E-state index contributed by atoms with van der Waals surface area (Å²) in [7, 11) is 0. The van der Waals surface area contributed by atoms with E-state index in [1.165, 1.54) is 0 Å². The molecule has 0 saturated carbocycles. The van der Waals surface area contributed by atoms with Gasteiger partial charge in [-0.3, -0.25) is 4.98 Å². The van der Waals surface area contributed by atoms with E-state index in [0.717, 1.165) is 12.1 Å². The molecule has 0 aliphatic heterocycles. The van der Waals surface area contributed by atoms with Gasteiger partial charge in [-0.2, -0.15) is 0 Å². The Morgan fingerprint density at radius 3 is 3.00 bits per heavy atom. The first kappa shape index (κ1) is 7.35. The van der Waals surface area contributed by atoms with Crippen LogP contribution in [0.15, 0.2) is 12.3 Å². The summed E-state index contributed by atoms with van der Waals surface area (Å²) in [6.07, 6.45) is 2.49. The molecule has 1 heterocycles. The van der Waals surface area contributed by atoms with Gasteiger partial charge in [-0.25, -0.2) is 0 Å². The van der Waals surface area contributed by atoms with Crippen molar-refractivity contribution in [2.24, 2.45) is 0 Å².